The number of carbonyl (C=O) groups is 3. The van der Waals surface area contributed by atoms with Gasteiger partial charge in [-0.15, -0.1) is 0 Å². The van der Waals surface area contributed by atoms with E-state index in [2.05, 4.69) is 5.32 Å². The fraction of sp³-hybridized carbons (Fsp3) is 0.118. The van der Waals surface area contributed by atoms with Gasteiger partial charge < -0.3 is 4.42 Å². The minimum absolute atomic E-state index is 0.145. The van der Waals surface area contributed by atoms with Crippen molar-refractivity contribution < 1.29 is 18.8 Å². The van der Waals surface area contributed by atoms with E-state index in [1.54, 1.807) is 43.3 Å². The smallest absolute Gasteiger partial charge is 0.331 e. The molecule has 4 amide bonds. The molecule has 1 N–H and O–H groups in total. The first kappa shape index (κ1) is 16.0. The van der Waals surface area contributed by atoms with Crippen LogP contribution < -0.4 is 5.32 Å². The van der Waals surface area contributed by atoms with Gasteiger partial charge in [-0.2, -0.15) is 0 Å². The normalized spacial score (nSPS) is 16.7. The summed E-state index contributed by atoms with van der Waals surface area (Å²) >= 11 is 5.85. The van der Waals surface area contributed by atoms with Gasteiger partial charge in [-0.3, -0.25) is 19.8 Å². The zero-order chi connectivity index (χ0) is 17.3. The molecule has 7 heteroatoms. The summed E-state index contributed by atoms with van der Waals surface area (Å²) in [6.07, 6.45) is 1.33. The molecule has 122 valence electrons. The Bertz CT molecular complexity index is 852. The number of likely N-dealkylation sites (N-methyl/N-ethyl adjacent to an activating group) is 1. The second-order valence-electron chi connectivity index (χ2n) is 5.08. The number of hydrogen-bond acceptors (Lipinski definition) is 4. The van der Waals surface area contributed by atoms with Crippen LogP contribution in [0.4, 0.5) is 4.79 Å². The van der Waals surface area contributed by atoms with E-state index in [0.29, 0.717) is 16.5 Å². The van der Waals surface area contributed by atoms with Crippen LogP contribution in [0.1, 0.15) is 12.7 Å². The van der Waals surface area contributed by atoms with Gasteiger partial charge in [-0.05, 0) is 49.4 Å². The third-order valence-electron chi connectivity index (χ3n) is 3.54. The average molecular weight is 345 g/mol. The summed E-state index contributed by atoms with van der Waals surface area (Å²) in [4.78, 5) is 36.6. The zero-order valence-electron chi connectivity index (χ0n) is 12.7. The fourth-order valence-corrected chi connectivity index (χ4v) is 2.45. The van der Waals surface area contributed by atoms with Gasteiger partial charge in [0, 0.05) is 17.1 Å². The maximum atomic E-state index is 12.2. The summed E-state index contributed by atoms with van der Waals surface area (Å²) in [6, 6.07) is 9.72. The molecule has 0 unspecified atom stereocenters. The molecule has 24 heavy (non-hydrogen) atoms. The van der Waals surface area contributed by atoms with Crippen molar-refractivity contribution in [1.29, 1.82) is 0 Å². The maximum absolute atomic E-state index is 12.2. The molecule has 1 aromatic carbocycles. The van der Waals surface area contributed by atoms with Gasteiger partial charge >= 0.3 is 6.03 Å². The Labute approximate surface area is 142 Å². The van der Waals surface area contributed by atoms with E-state index in [1.807, 2.05) is 0 Å². The zero-order valence-corrected chi connectivity index (χ0v) is 13.5. The molecular formula is C17H13ClN2O4. The fourth-order valence-electron chi connectivity index (χ4n) is 2.32. The minimum Gasteiger partial charge on any atom is -0.457 e. The number of nitrogens with zero attached hydrogens (tertiary/aromatic N) is 1. The number of furan rings is 1. The van der Waals surface area contributed by atoms with Crippen LogP contribution >= 0.6 is 11.6 Å². The van der Waals surface area contributed by atoms with Crippen molar-refractivity contribution in [1.82, 2.24) is 10.2 Å². The van der Waals surface area contributed by atoms with E-state index in [1.165, 1.54) is 6.08 Å². The molecule has 1 aromatic heterocycles. The van der Waals surface area contributed by atoms with E-state index in [9.17, 15) is 14.4 Å². The number of nitrogens with one attached hydrogen (secondary N) is 1. The molecule has 3 rings (SSSR count). The van der Waals surface area contributed by atoms with Crippen LogP contribution in [0.2, 0.25) is 5.02 Å². The lowest BCUT2D eigenvalue weighted by Crippen LogP contribution is -2.53. The first-order chi connectivity index (χ1) is 11.5. The van der Waals surface area contributed by atoms with Gasteiger partial charge in [0.15, 0.2) is 0 Å². The van der Waals surface area contributed by atoms with Gasteiger partial charge in [0.2, 0.25) is 0 Å². The summed E-state index contributed by atoms with van der Waals surface area (Å²) in [5, 5.41) is 2.74. The van der Waals surface area contributed by atoms with Crippen molar-refractivity contribution in [3.63, 3.8) is 0 Å². The second-order valence-corrected chi connectivity index (χ2v) is 5.51. The Balaban J connectivity index is 1.91. The molecule has 6 nitrogen and oxygen atoms in total. The summed E-state index contributed by atoms with van der Waals surface area (Å²) in [5.41, 5.74) is 0.669. The molecule has 1 aliphatic heterocycles. The van der Waals surface area contributed by atoms with Gasteiger partial charge in [0.05, 0.1) is 0 Å². The predicted octanol–water partition coefficient (Wildman–Crippen LogP) is 3.08. The van der Waals surface area contributed by atoms with E-state index >= 15 is 0 Å². The lowest BCUT2D eigenvalue weighted by molar-refractivity contribution is -0.129. The van der Waals surface area contributed by atoms with E-state index < -0.39 is 17.8 Å². The Morgan fingerprint density at radius 2 is 1.83 bits per heavy atom. The van der Waals surface area contributed by atoms with E-state index in [0.717, 1.165) is 10.5 Å². The minimum atomic E-state index is -0.737. The standard InChI is InChI=1S/C17H13ClN2O4/c1-2-20-16(22)13(15(21)19-17(20)23)9-12-7-8-14(24-12)10-3-5-11(18)6-4-10/h3-9H,2H2,1H3,(H,19,21,23)/b13-9+. The van der Waals surface area contributed by atoms with Crippen LogP contribution in [0.25, 0.3) is 17.4 Å². The predicted molar refractivity (Wildman–Crippen MR) is 88.1 cm³/mol. The van der Waals surface area contributed by atoms with Crippen LogP contribution in [-0.2, 0) is 9.59 Å². The molecule has 1 saturated heterocycles. The number of amides is 4. The number of carbonyl (C=O) groups excluding carboxylic acids is 3. The summed E-state index contributed by atoms with van der Waals surface area (Å²) in [5.74, 6) is -0.468. The third kappa shape index (κ3) is 2.96. The SMILES string of the molecule is CCN1C(=O)NC(=O)/C(=C\c2ccc(-c3ccc(Cl)cc3)o2)C1=O. The lowest BCUT2D eigenvalue weighted by atomic mass is 10.1. The van der Waals surface area contributed by atoms with Crippen molar-refractivity contribution in [2.45, 2.75) is 6.92 Å². The maximum Gasteiger partial charge on any atom is 0.331 e. The van der Waals surface area contributed by atoms with Crippen LogP contribution in [0.3, 0.4) is 0 Å². The lowest BCUT2D eigenvalue weighted by Gasteiger charge is -2.24. The van der Waals surface area contributed by atoms with Crippen molar-refractivity contribution in [2.75, 3.05) is 6.54 Å². The molecule has 0 saturated carbocycles. The van der Waals surface area contributed by atoms with Gasteiger partial charge in [0.1, 0.15) is 17.1 Å². The number of benzene rings is 1. The number of hydrogen-bond donors (Lipinski definition) is 1. The monoisotopic (exact) mass is 344 g/mol. The van der Waals surface area contributed by atoms with Crippen molar-refractivity contribution in [3.05, 3.63) is 52.8 Å². The number of rotatable bonds is 3. The first-order valence-electron chi connectivity index (χ1n) is 7.24. The van der Waals surface area contributed by atoms with Crippen LogP contribution in [-0.4, -0.2) is 29.3 Å². The van der Waals surface area contributed by atoms with Gasteiger partial charge in [0.25, 0.3) is 11.8 Å². The molecule has 2 aromatic rings. The molecule has 2 heterocycles. The van der Waals surface area contributed by atoms with E-state index in [4.69, 9.17) is 16.0 Å². The number of urea groups is 1. The van der Waals surface area contributed by atoms with Crippen LogP contribution in [0, 0.1) is 0 Å². The average Bonchev–Trinajstić information content (AvgIpc) is 3.01. The Morgan fingerprint density at radius 3 is 2.50 bits per heavy atom. The third-order valence-corrected chi connectivity index (χ3v) is 3.80. The Kier molecular flexibility index (Phi) is 4.22. The number of imide groups is 2. The second kappa shape index (κ2) is 6.33. The molecule has 0 radical (unpaired) electrons. The molecule has 1 fully saturated rings. The summed E-state index contributed by atoms with van der Waals surface area (Å²) < 4.78 is 5.65. The quantitative estimate of drug-likeness (QED) is 0.685. The first-order valence-corrected chi connectivity index (χ1v) is 7.62. The molecule has 0 aliphatic carbocycles. The Morgan fingerprint density at radius 1 is 1.12 bits per heavy atom. The summed E-state index contributed by atoms with van der Waals surface area (Å²) in [7, 11) is 0. The van der Waals surface area contributed by atoms with Crippen LogP contribution in [0.15, 0.2) is 46.4 Å². The molecule has 0 atom stereocenters. The molecule has 1 aliphatic rings. The summed E-state index contributed by atoms with van der Waals surface area (Å²) in [6.45, 7) is 1.82. The molecule has 0 spiro atoms. The van der Waals surface area contributed by atoms with Gasteiger partial charge in [-0.1, -0.05) is 11.6 Å². The van der Waals surface area contributed by atoms with Crippen molar-refractivity contribution in [3.8, 4) is 11.3 Å². The number of barbiturate groups is 1. The molecule has 0 bridgehead atoms. The van der Waals surface area contributed by atoms with Crippen molar-refractivity contribution >= 4 is 35.5 Å². The molecular weight excluding hydrogens is 332 g/mol. The largest absolute Gasteiger partial charge is 0.457 e. The highest BCUT2D eigenvalue weighted by Crippen LogP contribution is 2.25. The van der Waals surface area contributed by atoms with Crippen molar-refractivity contribution in [2.24, 2.45) is 0 Å². The van der Waals surface area contributed by atoms with Gasteiger partial charge in [-0.25, -0.2) is 4.79 Å². The number of halogens is 1. The highest BCUT2D eigenvalue weighted by atomic mass is 35.5. The topological polar surface area (TPSA) is 79.6 Å². The van der Waals surface area contributed by atoms with Crippen LogP contribution in [0.5, 0.6) is 0 Å². The Hall–Kier alpha value is -2.86. The highest BCUT2D eigenvalue weighted by Gasteiger charge is 2.34. The highest BCUT2D eigenvalue weighted by molar-refractivity contribution is 6.31. The van der Waals surface area contributed by atoms with E-state index in [-0.39, 0.29) is 12.1 Å².